The molecule has 0 radical (unpaired) electrons. The van der Waals surface area contributed by atoms with Crippen LogP contribution in [0.15, 0.2) is 30.5 Å². The Morgan fingerprint density at radius 2 is 2.11 bits per heavy atom. The fourth-order valence-corrected chi connectivity index (χ4v) is 4.39. The fraction of sp³-hybridized carbons (Fsp3) is 0.529. The molecular weight excluding hydrogens is 218 g/mol. The number of aromatic nitrogens is 1. The van der Waals surface area contributed by atoms with Gasteiger partial charge in [-0.05, 0) is 61.6 Å². The van der Waals surface area contributed by atoms with E-state index >= 15 is 0 Å². The summed E-state index contributed by atoms with van der Waals surface area (Å²) in [6.45, 7) is 3.46. The summed E-state index contributed by atoms with van der Waals surface area (Å²) in [6, 6.07) is 8.96. The summed E-state index contributed by atoms with van der Waals surface area (Å²) >= 11 is 0. The lowest BCUT2D eigenvalue weighted by Crippen LogP contribution is -2.16. The minimum absolute atomic E-state index is 0.944. The largest absolute Gasteiger partial charge is 0.347 e. The molecule has 1 nitrogen and oxygen atoms in total. The molecule has 0 amide bonds. The Balaban J connectivity index is 1.65. The van der Waals surface area contributed by atoms with Gasteiger partial charge in [-0.25, -0.2) is 0 Å². The van der Waals surface area contributed by atoms with Gasteiger partial charge in [-0.1, -0.05) is 18.6 Å². The van der Waals surface area contributed by atoms with Crippen molar-refractivity contribution in [2.75, 3.05) is 0 Å². The molecule has 1 heterocycles. The lowest BCUT2D eigenvalue weighted by molar-refractivity contribution is 0.299. The Bertz CT molecular complexity index is 580. The van der Waals surface area contributed by atoms with Gasteiger partial charge in [0.05, 0.1) is 0 Å². The van der Waals surface area contributed by atoms with Gasteiger partial charge in [0.25, 0.3) is 0 Å². The predicted octanol–water partition coefficient (Wildman–Crippen LogP) is 4.39. The number of fused-ring (bicyclic) bond motifs is 3. The lowest BCUT2D eigenvalue weighted by Gasteiger charge is -2.22. The molecule has 2 fully saturated rings. The van der Waals surface area contributed by atoms with E-state index in [1.807, 2.05) is 0 Å². The molecule has 3 unspecified atom stereocenters. The molecule has 0 aliphatic heterocycles. The van der Waals surface area contributed by atoms with E-state index in [4.69, 9.17) is 0 Å². The molecule has 18 heavy (non-hydrogen) atoms. The van der Waals surface area contributed by atoms with Gasteiger partial charge in [0.15, 0.2) is 0 Å². The average molecular weight is 239 g/mol. The van der Waals surface area contributed by atoms with Crippen LogP contribution < -0.4 is 0 Å². The number of benzene rings is 1. The van der Waals surface area contributed by atoms with Gasteiger partial charge in [-0.2, -0.15) is 0 Å². The van der Waals surface area contributed by atoms with Crippen LogP contribution in [0.5, 0.6) is 0 Å². The first-order chi connectivity index (χ1) is 8.81. The predicted molar refractivity (Wildman–Crippen MR) is 75.6 cm³/mol. The van der Waals surface area contributed by atoms with E-state index in [0.29, 0.717) is 0 Å². The molecule has 2 aliphatic carbocycles. The monoisotopic (exact) mass is 239 g/mol. The Kier molecular flexibility index (Phi) is 2.30. The first-order valence-corrected chi connectivity index (χ1v) is 7.36. The van der Waals surface area contributed by atoms with Gasteiger partial charge in [0.1, 0.15) is 0 Å². The summed E-state index contributed by atoms with van der Waals surface area (Å²) in [4.78, 5) is 0. The number of rotatable bonds is 2. The van der Waals surface area contributed by atoms with Crippen LogP contribution in [0.2, 0.25) is 0 Å². The third kappa shape index (κ3) is 1.53. The first kappa shape index (κ1) is 10.7. The molecule has 0 N–H and O–H groups in total. The molecular formula is C17H21N. The Morgan fingerprint density at radius 1 is 1.17 bits per heavy atom. The zero-order valence-corrected chi connectivity index (χ0v) is 11.1. The van der Waals surface area contributed by atoms with Crippen molar-refractivity contribution >= 4 is 10.9 Å². The van der Waals surface area contributed by atoms with Crippen LogP contribution in [0.3, 0.4) is 0 Å². The Hall–Kier alpha value is -1.24. The molecule has 0 spiro atoms. The van der Waals surface area contributed by atoms with E-state index in [1.165, 1.54) is 48.7 Å². The maximum atomic E-state index is 2.49. The highest BCUT2D eigenvalue weighted by Crippen LogP contribution is 2.49. The summed E-state index contributed by atoms with van der Waals surface area (Å²) in [5, 5.41) is 1.43. The van der Waals surface area contributed by atoms with E-state index in [-0.39, 0.29) is 0 Å². The van der Waals surface area contributed by atoms with E-state index < -0.39 is 0 Å². The number of nitrogens with zero attached hydrogens (tertiary/aromatic N) is 1. The van der Waals surface area contributed by atoms with Crippen LogP contribution in [0.1, 0.15) is 31.2 Å². The van der Waals surface area contributed by atoms with Gasteiger partial charge in [0, 0.05) is 23.6 Å². The van der Waals surface area contributed by atoms with Gasteiger partial charge in [-0.3, -0.25) is 0 Å². The van der Waals surface area contributed by atoms with Crippen molar-refractivity contribution in [2.45, 2.75) is 39.2 Å². The Morgan fingerprint density at radius 3 is 2.89 bits per heavy atom. The highest BCUT2D eigenvalue weighted by molar-refractivity contribution is 5.83. The Labute approximate surface area is 109 Å². The van der Waals surface area contributed by atoms with Crippen molar-refractivity contribution in [3.63, 3.8) is 0 Å². The molecule has 2 saturated carbocycles. The third-order valence-corrected chi connectivity index (χ3v) is 5.35. The van der Waals surface area contributed by atoms with Crippen molar-refractivity contribution in [1.29, 1.82) is 0 Å². The molecule has 0 saturated heterocycles. The highest BCUT2D eigenvalue weighted by Gasteiger charge is 2.39. The van der Waals surface area contributed by atoms with Crippen molar-refractivity contribution in [3.05, 3.63) is 36.0 Å². The smallest absolute Gasteiger partial charge is 0.0483 e. The molecule has 1 aromatic heterocycles. The van der Waals surface area contributed by atoms with Gasteiger partial charge in [-0.15, -0.1) is 0 Å². The second kappa shape index (κ2) is 3.88. The number of aryl methyl sites for hydroxylation is 1. The van der Waals surface area contributed by atoms with Gasteiger partial charge in [0.2, 0.25) is 0 Å². The van der Waals surface area contributed by atoms with Gasteiger partial charge >= 0.3 is 0 Å². The van der Waals surface area contributed by atoms with E-state index in [0.717, 1.165) is 17.8 Å². The summed E-state index contributed by atoms with van der Waals surface area (Å²) in [7, 11) is 0. The minimum atomic E-state index is 0.944. The van der Waals surface area contributed by atoms with Crippen LogP contribution in [0, 0.1) is 24.7 Å². The van der Waals surface area contributed by atoms with E-state index in [2.05, 4.69) is 42.0 Å². The first-order valence-electron chi connectivity index (χ1n) is 7.36. The zero-order valence-electron chi connectivity index (χ0n) is 11.1. The molecule has 3 atom stereocenters. The maximum absolute atomic E-state index is 2.49. The topological polar surface area (TPSA) is 4.93 Å². The third-order valence-electron chi connectivity index (χ3n) is 5.35. The average Bonchev–Trinajstić information content (AvgIpc) is 3.05. The maximum Gasteiger partial charge on any atom is 0.0483 e. The summed E-state index contributed by atoms with van der Waals surface area (Å²) < 4.78 is 2.49. The van der Waals surface area contributed by atoms with Gasteiger partial charge < -0.3 is 4.57 Å². The molecule has 2 bridgehead atoms. The second-order valence-corrected chi connectivity index (χ2v) is 6.41. The molecule has 4 rings (SSSR count). The highest BCUT2D eigenvalue weighted by atomic mass is 15.0. The normalized spacial score (nSPS) is 30.4. The van der Waals surface area contributed by atoms with Crippen LogP contribution >= 0.6 is 0 Å². The quantitative estimate of drug-likeness (QED) is 0.732. The fourth-order valence-electron chi connectivity index (χ4n) is 4.39. The minimum Gasteiger partial charge on any atom is -0.347 e. The summed E-state index contributed by atoms with van der Waals surface area (Å²) in [5.74, 6) is 3.03. The van der Waals surface area contributed by atoms with Crippen LogP contribution in [-0.2, 0) is 6.54 Å². The zero-order chi connectivity index (χ0) is 12.1. The molecule has 1 heteroatoms. The van der Waals surface area contributed by atoms with Crippen molar-refractivity contribution in [1.82, 2.24) is 4.57 Å². The van der Waals surface area contributed by atoms with Crippen molar-refractivity contribution in [3.8, 4) is 0 Å². The second-order valence-electron chi connectivity index (χ2n) is 6.41. The summed E-state index contributed by atoms with van der Waals surface area (Å²) in [5.41, 5.74) is 2.83. The lowest BCUT2D eigenvalue weighted by atomic mass is 9.89. The number of hydrogen-bond donors (Lipinski definition) is 0. The number of hydrogen-bond acceptors (Lipinski definition) is 0. The van der Waals surface area contributed by atoms with Crippen LogP contribution in [-0.4, -0.2) is 4.57 Å². The van der Waals surface area contributed by atoms with E-state index in [9.17, 15) is 0 Å². The standard InChI is InChI=1S/C17H21N/c1-12-3-2-4-17-16(12)7-8-18(17)11-15-10-13-5-6-14(15)9-13/h2-4,7-8,13-15H,5-6,9-11H2,1H3. The van der Waals surface area contributed by atoms with E-state index in [1.54, 1.807) is 0 Å². The SMILES string of the molecule is Cc1cccc2c1ccn2CC1CC2CCC1C2. The van der Waals surface area contributed by atoms with Crippen molar-refractivity contribution < 1.29 is 0 Å². The summed E-state index contributed by atoms with van der Waals surface area (Å²) in [6.07, 6.45) is 8.29. The molecule has 2 aromatic rings. The van der Waals surface area contributed by atoms with Crippen LogP contribution in [0.25, 0.3) is 10.9 Å². The molecule has 1 aromatic carbocycles. The molecule has 2 aliphatic rings. The molecule has 94 valence electrons. The van der Waals surface area contributed by atoms with Crippen LogP contribution in [0.4, 0.5) is 0 Å². The van der Waals surface area contributed by atoms with Crippen molar-refractivity contribution in [2.24, 2.45) is 17.8 Å².